The summed E-state index contributed by atoms with van der Waals surface area (Å²) < 4.78 is 0. The zero-order chi connectivity index (χ0) is 8.10. The number of nitrogens with zero attached hydrogens (tertiary/aromatic N) is 1. The maximum Gasteiger partial charge on any atom is 0.0929 e. The van der Waals surface area contributed by atoms with Crippen LogP contribution in [0.5, 0.6) is 0 Å². The number of hydrogen-bond acceptors (Lipinski definition) is 2. The van der Waals surface area contributed by atoms with E-state index >= 15 is 0 Å². The molecule has 0 saturated carbocycles. The van der Waals surface area contributed by atoms with Gasteiger partial charge in [0.1, 0.15) is 0 Å². The summed E-state index contributed by atoms with van der Waals surface area (Å²) in [6.07, 6.45) is 6.16. The lowest BCUT2D eigenvalue weighted by atomic mass is 10.3. The van der Waals surface area contributed by atoms with Crippen molar-refractivity contribution in [2.45, 2.75) is 13.3 Å². The Balaban J connectivity index is 2.56. The van der Waals surface area contributed by atoms with Crippen LogP contribution in [0, 0.1) is 6.92 Å². The van der Waals surface area contributed by atoms with E-state index in [2.05, 4.69) is 9.97 Å². The van der Waals surface area contributed by atoms with Crippen molar-refractivity contribution in [1.82, 2.24) is 9.97 Å². The molecule has 1 aromatic heterocycles. The predicted molar refractivity (Wildman–Crippen MR) is 44.1 cm³/mol. The summed E-state index contributed by atoms with van der Waals surface area (Å²) in [5.41, 5.74) is 2.00. The minimum atomic E-state index is 0.194. The Morgan fingerprint density at radius 2 is 2.55 bits per heavy atom. The Bertz CT molecular complexity index is 240. The number of aryl methyl sites for hydroxylation is 1. The molecule has 3 heteroatoms. The largest absolute Gasteiger partial charge is 0.396 e. The summed E-state index contributed by atoms with van der Waals surface area (Å²) in [6.45, 7) is 2.16. The van der Waals surface area contributed by atoms with Crippen LogP contribution >= 0.6 is 0 Å². The molecule has 0 unspecified atom stereocenters. The lowest BCUT2D eigenvalue weighted by Crippen LogP contribution is -1.78. The molecule has 0 aliphatic carbocycles. The van der Waals surface area contributed by atoms with E-state index in [1.54, 1.807) is 6.33 Å². The van der Waals surface area contributed by atoms with Crippen LogP contribution in [-0.2, 0) is 0 Å². The first-order valence-electron chi connectivity index (χ1n) is 3.62. The van der Waals surface area contributed by atoms with Crippen LogP contribution < -0.4 is 0 Å². The maximum atomic E-state index is 8.48. The molecule has 0 radical (unpaired) electrons. The van der Waals surface area contributed by atoms with Crippen molar-refractivity contribution in [1.29, 1.82) is 0 Å². The van der Waals surface area contributed by atoms with Gasteiger partial charge in [-0.2, -0.15) is 0 Å². The standard InChI is InChI=1S/C8H12N2O/c1-7-8(10-6-9-7)4-2-3-5-11/h2,4,6,11H,3,5H2,1H3,(H,9,10). The van der Waals surface area contributed by atoms with Crippen molar-refractivity contribution < 1.29 is 5.11 Å². The number of rotatable bonds is 3. The average Bonchev–Trinajstić information content (AvgIpc) is 2.37. The van der Waals surface area contributed by atoms with Crippen molar-refractivity contribution in [2.75, 3.05) is 6.61 Å². The third-order valence-electron chi connectivity index (χ3n) is 1.44. The van der Waals surface area contributed by atoms with Gasteiger partial charge in [0.15, 0.2) is 0 Å². The lowest BCUT2D eigenvalue weighted by molar-refractivity contribution is 0.303. The van der Waals surface area contributed by atoms with Gasteiger partial charge in [-0.3, -0.25) is 0 Å². The van der Waals surface area contributed by atoms with E-state index in [-0.39, 0.29) is 6.61 Å². The van der Waals surface area contributed by atoms with Crippen LogP contribution in [0.15, 0.2) is 12.4 Å². The van der Waals surface area contributed by atoms with E-state index in [1.807, 2.05) is 19.1 Å². The molecule has 11 heavy (non-hydrogen) atoms. The van der Waals surface area contributed by atoms with Crippen molar-refractivity contribution in [3.8, 4) is 0 Å². The lowest BCUT2D eigenvalue weighted by Gasteiger charge is -1.86. The molecule has 1 rings (SSSR count). The van der Waals surface area contributed by atoms with Gasteiger partial charge in [0.25, 0.3) is 0 Å². The zero-order valence-electron chi connectivity index (χ0n) is 6.54. The highest BCUT2D eigenvalue weighted by Crippen LogP contribution is 2.02. The van der Waals surface area contributed by atoms with Crippen LogP contribution in [0.2, 0.25) is 0 Å². The van der Waals surface area contributed by atoms with Crippen LogP contribution in [-0.4, -0.2) is 21.7 Å². The molecular formula is C8H12N2O. The summed E-state index contributed by atoms with van der Waals surface area (Å²) in [5, 5.41) is 8.48. The Morgan fingerprint density at radius 1 is 1.73 bits per heavy atom. The first-order valence-corrected chi connectivity index (χ1v) is 3.62. The van der Waals surface area contributed by atoms with Gasteiger partial charge in [-0.1, -0.05) is 6.08 Å². The highest BCUT2D eigenvalue weighted by Gasteiger charge is 1.92. The third kappa shape index (κ3) is 2.20. The SMILES string of the molecule is Cc1[nH]cnc1C=CCCO. The Kier molecular flexibility index (Phi) is 2.86. The summed E-state index contributed by atoms with van der Waals surface area (Å²) in [7, 11) is 0. The molecule has 2 N–H and O–H groups in total. The summed E-state index contributed by atoms with van der Waals surface area (Å²) in [5.74, 6) is 0. The van der Waals surface area contributed by atoms with E-state index < -0.39 is 0 Å². The molecule has 0 saturated heterocycles. The van der Waals surface area contributed by atoms with Gasteiger partial charge >= 0.3 is 0 Å². The fourth-order valence-corrected chi connectivity index (χ4v) is 0.807. The second-order valence-corrected chi connectivity index (χ2v) is 2.33. The molecule has 0 aliphatic rings. The van der Waals surface area contributed by atoms with Gasteiger partial charge in [0, 0.05) is 12.3 Å². The third-order valence-corrected chi connectivity index (χ3v) is 1.44. The average molecular weight is 152 g/mol. The van der Waals surface area contributed by atoms with Gasteiger partial charge < -0.3 is 10.1 Å². The quantitative estimate of drug-likeness (QED) is 0.681. The van der Waals surface area contributed by atoms with E-state index in [9.17, 15) is 0 Å². The molecule has 3 nitrogen and oxygen atoms in total. The molecule has 1 aromatic rings. The molecule has 60 valence electrons. The molecule has 0 bridgehead atoms. The minimum absolute atomic E-state index is 0.194. The van der Waals surface area contributed by atoms with Crippen LogP contribution in [0.25, 0.3) is 6.08 Å². The Labute approximate surface area is 65.8 Å². The maximum absolute atomic E-state index is 8.48. The molecule has 0 fully saturated rings. The molecule has 0 aliphatic heterocycles. The summed E-state index contributed by atoms with van der Waals surface area (Å²) in [4.78, 5) is 7.03. The fourth-order valence-electron chi connectivity index (χ4n) is 0.807. The topological polar surface area (TPSA) is 48.9 Å². The summed E-state index contributed by atoms with van der Waals surface area (Å²) in [6, 6.07) is 0. The minimum Gasteiger partial charge on any atom is -0.396 e. The van der Waals surface area contributed by atoms with Gasteiger partial charge in [-0.05, 0) is 19.4 Å². The molecule has 1 heterocycles. The number of nitrogens with one attached hydrogen (secondary N) is 1. The number of hydrogen-bond donors (Lipinski definition) is 2. The van der Waals surface area contributed by atoms with Crippen LogP contribution in [0.4, 0.5) is 0 Å². The van der Waals surface area contributed by atoms with Gasteiger partial charge in [-0.15, -0.1) is 0 Å². The van der Waals surface area contributed by atoms with E-state index in [0.717, 1.165) is 11.4 Å². The fraction of sp³-hybridized carbons (Fsp3) is 0.375. The highest BCUT2D eigenvalue weighted by molar-refractivity contribution is 5.46. The van der Waals surface area contributed by atoms with Crippen molar-refractivity contribution in [3.05, 3.63) is 23.8 Å². The molecule has 0 amide bonds. The zero-order valence-corrected chi connectivity index (χ0v) is 6.54. The number of imidazole rings is 1. The van der Waals surface area contributed by atoms with E-state index in [0.29, 0.717) is 6.42 Å². The number of H-pyrrole nitrogens is 1. The molecular weight excluding hydrogens is 140 g/mol. The Hall–Kier alpha value is -1.09. The summed E-state index contributed by atoms with van der Waals surface area (Å²) >= 11 is 0. The van der Waals surface area contributed by atoms with E-state index in [4.69, 9.17) is 5.11 Å². The van der Waals surface area contributed by atoms with Crippen LogP contribution in [0.3, 0.4) is 0 Å². The van der Waals surface area contributed by atoms with Crippen LogP contribution in [0.1, 0.15) is 17.8 Å². The normalized spacial score (nSPS) is 11.1. The molecule has 0 spiro atoms. The monoisotopic (exact) mass is 152 g/mol. The first-order chi connectivity index (χ1) is 5.34. The van der Waals surface area contributed by atoms with Gasteiger partial charge in [0.05, 0.1) is 12.0 Å². The number of aliphatic hydroxyl groups excluding tert-OH is 1. The first kappa shape index (κ1) is 8.01. The Morgan fingerprint density at radius 3 is 3.09 bits per heavy atom. The second-order valence-electron chi connectivity index (χ2n) is 2.33. The van der Waals surface area contributed by atoms with Crippen molar-refractivity contribution in [3.63, 3.8) is 0 Å². The van der Waals surface area contributed by atoms with Crippen molar-refractivity contribution in [2.24, 2.45) is 0 Å². The smallest absolute Gasteiger partial charge is 0.0929 e. The highest BCUT2D eigenvalue weighted by atomic mass is 16.2. The van der Waals surface area contributed by atoms with E-state index in [1.165, 1.54) is 0 Å². The van der Waals surface area contributed by atoms with Crippen molar-refractivity contribution >= 4 is 6.08 Å². The number of aromatic amines is 1. The number of aliphatic hydroxyl groups is 1. The van der Waals surface area contributed by atoms with Gasteiger partial charge in [0.2, 0.25) is 0 Å². The predicted octanol–water partition coefficient (Wildman–Crippen LogP) is 1.11. The molecule has 0 aromatic carbocycles. The number of aromatic nitrogens is 2. The van der Waals surface area contributed by atoms with Gasteiger partial charge in [-0.25, -0.2) is 4.98 Å². The second kappa shape index (κ2) is 3.93. The molecule has 0 atom stereocenters.